The number of rotatable bonds is 7. The number of aliphatic imine (C=N–C) groups is 1. The molecule has 3 heterocycles. The number of unbranched alkanes of at least 4 members (excludes halogenated alkanes) is 1. The monoisotopic (exact) mass is 445 g/mol. The van der Waals surface area contributed by atoms with E-state index in [0.717, 1.165) is 0 Å². The van der Waals surface area contributed by atoms with Gasteiger partial charge in [-0.1, -0.05) is 0 Å². The average molecular weight is 445 g/mol. The summed E-state index contributed by atoms with van der Waals surface area (Å²) in [5.41, 5.74) is 8.93. The number of aryl methyl sites for hydroxylation is 1. The van der Waals surface area contributed by atoms with Gasteiger partial charge in [-0.05, 0) is 19.4 Å². The summed E-state index contributed by atoms with van der Waals surface area (Å²) in [6.07, 6.45) is 2.87. The molecule has 3 rings (SSSR count). The molecule has 2 aliphatic rings. The fourth-order valence-corrected chi connectivity index (χ4v) is 3.87. The molecule has 2 aliphatic heterocycles. The molecule has 30 heavy (non-hydrogen) atoms. The second kappa shape index (κ2) is 8.55. The van der Waals surface area contributed by atoms with Crippen molar-refractivity contribution in [2.75, 3.05) is 20.1 Å². The van der Waals surface area contributed by atoms with Crippen LogP contribution in [0.25, 0.3) is 0 Å². The lowest BCUT2D eigenvalue weighted by molar-refractivity contribution is -0.148. The first-order valence-electron chi connectivity index (χ1n) is 9.09. The van der Waals surface area contributed by atoms with Gasteiger partial charge in [0.2, 0.25) is 0 Å². The van der Waals surface area contributed by atoms with Crippen LogP contribution in [-0.4, -0.2) is 70.7 Å². The number of carbonyl (C=O) groups is 2. The van der Waals surface area contributed by atoms with Gasteiger partial charge in [0, 0.05) is 26.1 Å². The zero-order valence-electron chi connectivity index (χ0n) is 16.4. The first-order chi connectivity index (χ1) is 14.2. The van der Waals surface area contributed by atoms with E-state index in [9.17, 15) is 18.0 Å². The fraction of sp³-hybridized carbons (Fsp3) is 0.600. The molecule has 2 amide bonds. The van der Waals surface area contributed by atoms with Crippen molar-refractivity contribution in [1.29, 1.82) is 0 Å². The Bertz CT molecular complexity index is 961. The van der Waals surface area contributed by atoms with Crippen LogP contribution in [0.3, 0.4) is 0 Å². The molecule has 1 aromatic heterocycles. The van der Waals surface area contributed by atoms with E-state index >= 15 is 0 Å². The van der Waals surface area contributed by atoms with Crippen LogP contribution in [0.5, 0.6) is 0 Å². The van der Waals surface area contributed by atoms with E-state index < -0.39 is 34.5 Å². The van der Waals surface area contributed by atoms with Gasteiger partial charge in [-0.2, -0.15) is 18.6 Å². The minimum absolute atomic E-state index is 0.0445. The standard InChI is InChI=1S/C15H23N7O7S/c1-17-14(19-28-11(23)5-3-4-6-16)13-12-9(7-18-20(12)2)10-8-21(13)15(24)22(10)29-30(25,26)27/h7,10,13H,3-6,8,16H2,1-2H3,(H,17,19)(H,25,26,27)/t10-,13-/m0/s1. The average Bonchev–Trinajstić information content (AvgIpc) is 3.18. The van der Waals surface area contributed by atoms with Gasteiger partial charge in [0.1, 0.15) is 12.1 Å². The van der Waals surface area contributed by atoms with Crippen molar-refractivity contribution < 1.29 is 31.7 Å². The molecule has 0 aromatic carbocycles. The molecule has 0 radical (unpaired) electrons. The summed E-state index contributed by atoms with van der Waals surface area (Å²) >= 11 is 0. The molecule has 2 atom stereocenters. The summed E-state index contributed by atoms with van der Waals surface area (Å²) in [5.74, 6) is -0.389. The topological polar surface area (TPSA) is 182 Å². The van der Waals surface area contributed by atoms with Gasteiger partial charge in [0.15, 0.2) is 5.84 Å². The molecule has 0 aliphatic carbocycles. The van der Waals surface area contributed by atoms with Crippen molar-refractivity contribution in [3.8, 4) is 0 Å². The van der Waals surface area contributed by atoms with E-state index in [1.165, 1.54) is 22.8 Å². The minimum atomic E-state index is -4.92. The maximum atomic E-state index is 12.8. The van der Waals surface area contributed by atoms with E-state index in [-0.39, 0.29) is 18.8 Å². The number of aromatic nitrogens is 2. The number of carbonyl (C=O) groups excluding carboxylic acids is 2. The van der Waals surface area contributed by atoms with Gasteiger partial charge in [0.05, 0.1) is 18.4 Å². The number of amides is 2. The van der Waals surface area contributed by atoms with Crippen LogP contribution in [-0.2, 0) is 31.4 Å². The Kier molecular flexibility index (Phi) is 6.25. The van der Waals surface area contributed by atoms with E-state index in [1.807, 2.05) is 0 Å². The Morgan fingerprint density at radius 2 is 2.20 bits per heavy atom. The third kappa shape index (κ3) is 4.23. The van der Waals surface area contributed by atoms with E-state index in [2.05, 4.69) is 19.9 Å². The van der Waals surface area contributed by atoms with Gasteiger partial charge < -0.3 is 15.5 Å². The van der Waals surface area contributed by atoms with Gasteiger partial charge in [0.25, 0.3) is 0 Å². The van der Waals surface area contributed by atoms with Gasteiger partial charge in [-0.3, -0.25) is 14.2 Å². The normalized spacial score (nSPS) is 21.1. The van der Waals surface area contributed by atoms with Crippen molar-refractivity contribution in [2.45, 2.75) is 31.3 Å². The highest BCUT2D eigenvalue weighted by Crippen LogP contribution is 2.44. The summed E-state index contributed by atoms with van der Waals surface area (Å²) < 4.78 is 37.4. The smallest absolute Gasteiger partial charge is 0.342 e. The molecule has 15 heteroatoms. The molecule has 0 saturated carbocycles. The molecule has 1 aromatic rings. The van der Waals surface area contributed by atoms with Crippen molar-refractivity contribution in [1.82, 2.24) is 25.2 Å². The Morgan fingerprint density at radius 3 is 2.83 bits per heavy atom. The second-order valence-electron chi connectivity index (χ2n) is 6.72. The largest absolute Gasteiger partial charge is 0.418 e. The highest BCUT2D eigenvalue weighted by molar-refractivity contribution is 7.80. The zero-order chi connectivity index (χ0) is 22.1. The number of nitrogens with zero attached hydrogens (tertiary/aromatic N) is 5. The van der Waals surface area contributed by atoms with Crippen LogP contribution in [0.2, 0.25) is 0 Å². The quantitative estimate of drug-likeness (QED) is 0.158. The van der Waals surface area contributed by atoms with Gasteiger partial charge >= 0.3 is 22.4 Å². The number of hydrogen-bond donors (Lipinski definition) is 3. The molecule has 166 valence electrons. The second-order valence-corrected chi connectivity index (χ2v) is 7.73. The maximum Gasteiger partial charge on any atom is 0.418 e. The van der Waals surface area contributed by atoms with Crippen molar-refractivity contribution >= 4 is 28.2 Å². The Balaban J connectivity index is 1.85. The van der Waals surface area contributed by atoms with Gasteiger partial charge in [-0.25, -0.2) is 15.1 Å². The Hall–Kier alpha value is -2.75. The summed E-state index contributed by atoms with van der Waals surface area (Å²) in [5, 5.41) is 4.74. The van der Waals surface area contributed by atoms with Crippen LogP contribution in [0.15, 0.2) is 11.2 Å². The van der Waals surface area contributed by atoms with E-state index in [0.29, 0.717) is 35.7 Å². The third-order valence-corrected chi connectivity index (χ3v) is 5.16. The minimum Gasteiger partial charge on any atom is -0.342 e. The number of nitrogens with one attached hydrogen (secondary N) is 1. The summed E-state index contributed by atoms with van der Waals surface area (Å²) in [7, 11) is -1.84. The van der Waals surface area contributed by atoms with E-state index in [4.69, 9.17) is 15.1 Å². The first kappa shape index (κ1) is 21.9. The van der Waals surface area contributed by atoms with Crippen LogP contribution < -0.4 is 11.2 Å². The maximum absolute atomic E-state index is 12.8. The number of nitrogens with two attached hydrogens (primary N) is 1. The van der Waals surface area contributed by atoms with Crippen LogP contribution in [0, 0.1) is 0 Å². The number of amidine groups is 1. The molecule has 2 bridgehead atoms. The van der Waals surface area contributed by atoms with Crippen LogP contribution >= 0.6 is 0 Å². The Morgan fingerprint density at radius 1 is 1.47 bits per heavy atom. The van der Waals surface area contributed by atoms with Crippen molar-refractivity contribution in [2.24, 2.45) is 17.8 Å². The molecule has 0 unspecified atom stereocenters. The van der Waals surface area contributed by atoms with Crippen molar-refractivity contribution in [3.05, 3.63) is 17.5 Å². The highest BCUT2D eigenvalue weighted by atomic mass is 32.3. The lowest BCUT2D eigenvalue weighted by Gasteiger charge is -2.31. The summed E-state index contributed by atoms with van der Waals surface area (Å²) in [4.78, 5) is 35.2. The number of hydrogen-bond acceptors (Lipinski definition) is 9. The Labute approximate surface area is 172 Å². The zero-order valence-corrected chi connectivity index (χ0v) is 17.2. The molecule has 14 nitrogen and oxygen atoms in total. The van der Waals surface area contributed by atoms with E-state index in [1.54, 1.807) is 7.05 Å². The lowest BCUT2D eigenvalue weighted by Crippen LogP contribution is -2.45. The van der Waals surface area contributed by atoms with Crippen LogP contribution in [0.4, 0.5) is 4.79 Å². The van der Waals surface area contributed by atoms with Crippen molar-refractivity contribution in [3.63, 3.8) is 0 Å². The molecular weight excluding hydrogens is 422 g/mol. The SMILES string of the molecule is CN=C(NOC(=O)CCCCN)[C@@H]1c2c(cnn2C)[C@@H]2CN1C(=O)N2OS(=O)(=O)O. The summed E-state index contributed by atoms with van der Waals surface area (Å²) in [6.45, 7) is 0.511. The molecule has 1 fully saturated rings. The summed E-state index contributed by atoms with van der Waals surface area (Å²) in [6, 6.07) is -2.47. The lowest BCUT2D eigenvalue weighted by atomic mass is 9.97. The number of fused-ring (bicyclic) bond motifs is 4. The molecule has 4 N–H and O–H groups in total. The van der Waals surface area contributed by atoms with Crippen LogP contribution in [0.1, 0.15) is 42.6 Å². The molecule has 0 spiro atoms. The first-order valence-corrected chi connectivity index (χ1v) is 10.5. The fourth-order valence-electron chi connectivity index (χ4n) is 3.50. The molecule has 1 saturated heterocycles. The third-order valence-electron chi connectivity index (χ3n) is 4.81. The predicted octanol–water partition coefficient (Wildman–Crippen LogP) is -0.807. The molecular formula is C15H23N7O7S. The number of urea groups is 1. The highest BCUT2D eigenvalue weighted by Gasteiger charge is 2.53. The number of hydroxylamine groups is 3. The predicted molar refractivity (Wildman–Crippen MR) is 101 cm³/mol. The van der Waals surface area contributed by atoms with Gasteiger partial charge in [-0.15, -0.1) is 4.28 Å².